The summed E-state index contributed by atoms with van der Waals surface area (Å²) >= 11 is 0. The van der Waals surface area contributed by atoms with E-state index >= 15 is 0 Å². The van der Waals surface area contributed by atoms with E-state index < -0.39 is 54.5 Å². The predicted molar refractivity (Wildman–Crippen MR) is 98.5 cm³/mol. The maximum atomic E-state index is 12.2. The van der Waals surface area contributed by atoms with Crippen molar-refractivity contribution in [3.8, 4) is 0 Å². The van der Waals surface area contributed by atoms with Crippen molar-refractivity contribution in [3.63, 3.8) is 0 Å². The molecule has 0 rings (SSSR count). The fourth-order valence-corrected chi connectivity index (χ4v) is 2.15. The molecule has 0 spiro atoms. The Morgan fingerprint density at radius 3 is 1.89 bits per heavy atom. The molecule has 0 fully saturated rings. The van der Waals surface area contributed by atoms with E-state index in [0.29, 0.717) is 6.42 Å². The van der Waals surface area contributed by atoms with Crippen molar-refractivity contribution in [1.29, 1.82) is 0 Å². The number of carbonyl (C=O) groups is 4. The van der Waals surface area contributed by atoms with Gasteiger partial charge in [-0.05, 0) is 18.8 Å². The average Bonchev–Trinajstić information content (AvgIpc) is 2.61. The molecule has 10 nitrogen and oxygen atoms in total. The molecule has 0 heterocycles. The molecule has 0 aliphatic carbocycles. The summed E-state index contributed by atoms with van der Waals surface area (Å²) in [5.41, 5.74) is 5.80. The standard InChI is InChI=1S/C17H32N4O6/c1-6-9(4)12(18)16(25)19-10(5)14(23)20-11(7-22)15(24)21-13(8(2)3)17(26)27/h8-13,22H,6-7,18H2,1-5H3,(H,19,25)(H,20,23)(H,21,24)(H,26,27). The summed E-state index contributed by atoms with van der Waals surface area (Å²) in [4.78, 5) is 47.5. The highest BCUT2D eigenvalue weighted by atomic mass is 16.4. The molecule has 0 aliphatic rings. The molecule has 10 heteroatoms. The largest absolute Gasteiger partial charge is 0.480 e. The van der Waals surface area contributed by atoms with Gasteiger partial charge in [0.1, 0.15) is 18.1 Å². The predicted octanol–water partition coefficient (Wildman–Crippen LogP) is -1.43. The summed E-state index contributed by atoms with van der Waals surface area (Å²) in [6.45, 7) is 7.62. The number of carbonyl (C=O) groups excluding carboxylic acids is 3. The number of aliphatic hydroxyl groups excluding tert-OH is 1. The van der Waals surface area contributed by atoms with Gasteiger partial charge >= 0.3 is 5.97 Å². The van der Waals surface area contributed by atoms with Gasteiger partial charge in [-0.25, -0.2) is 4.79 Å². The lowest BCUT2D eigenvalue weighted by Crippen LogP contribution is -2.58. The maximum absolute atomic E-state index is 12.2. The van der Waals surface area contributed by atoms with Crippen LogP contribution in [0, 0.1) is 11.8 Å². The molecular weight excluding hydrogens is 356 g/mol. The van der Waals surface area contributed by atoms with E-state index in [1.807, 2.05) is 13.8 Å². The first-order valence-corrected chi connectivity index (χ1v) is 8.96. The van der Waals surface area contributed by atoms with Gasteiger partial charge < -0.3 is 31.9 Å². The van der Waals surface area contributed by atoms with Crippen LogP contribution in [0.1, 0.15) is 41.0 Å². The van der Waals surface area contributed by atoms with Crippen LogP contribution in [0.3, 0.4) is 0 Å². The number of aliphatic hydroxyl groups is 1. The Hall–Kier alpha value is -2.20. The molecule has 7 N–H and O–H groups in total. The van der Waals surface area contributed by atoms with Gasteiger partial charge in [-0.2, -0.15) is 0 Å². The Kier molecular flexibility index (Phi) is 10.6. The molecule has 0 saturated heterocycles. The second-order valence-corrected chi connectivity index (χ2v) is 6.95. The molecule has 3 amide bonds. The zero-order valence-electron chi connectivity index (χ0n) is 16.5. The monoisotopic (exact) mass is 388 g/mol. The van der Waals surface area contributed by atoms with Gasteiger partial charge in [0, 0.05) is 0 Å². The quantitative estimate of drug-likeness (QED) is 0.252. The smallest absolute Gasteiger partial charge is 0.326 e. The van der Waals surface area contributed by atoms with E-state index in [1.54, 1.807) is 13.8 Å². The van der Waals surface area contributed by atoms with E-state index in [4.69, 9.17) is 10.8 Å². The lowest BCUT2D eigenvalue weighted by atomic mass is 9.99. The third kappa shape index (κ3) is 7.92. The topological polar surface area (TPSA) is 171 Å². The van der Waals surface area contributed by atoms with Gasteiger partial charge in [-0.3, -0.25) is 14.4 Å². The van der Waals surface area contributed by atoms with Crippen molar-refractivity contribution in [2.75, 3.05) is 6.61 Å². The lowest BCUT2D eigenvalue weighted by molar-refractivity contribution is -0.143. The van der Waals surface area contributed by atoms with Crippen molar-refractivity contribution < 1.29 is 29.4 Å². The average molecular weight is 388 g/mol. The van der Waals surface area contributed by atoms with Gasteiger partial charge in [0.05, 0.1) is 12.6 Å². The van der Waals surface area contributed by atoms with Crippen molar-refractivity contribution in [3.05, 3.63) is 0 Å². The van der Waals surface area contributed by atoms with E-state index in [0.717, 1.165) is 0 Å². The zero-order chi connectivity index (χ0) is 21.3. The summed E-state index contributed by atoms with van der Waals surface area (Å²) in [5.74, 6) is -3.71. The van der Waals surface area contributed by atoms with Crippen LogP contribution in [0.25, 0.3) is 0 Å². The Morgan fingerprint density at radius 2 is 1.48 bits per heavy atom. The Morgan fingerprint density at radius 1 is 0.926 bits per heavy atom. The van der Waals surface area contributed by atoms with Crippen molar-refractivity contribution in [2.24, 2.45) is 17.6 Å². The van der Waals surface area contributed by atoms with Crippen LogP contribution in [-0.2, 0) is 19.2 Å². The third-order valence-electron chi connectivity index (χ3n) is 4.36. The molecule has 5 unspecified atom stereocenters. The number of hydrogen-bond acceptors (Lipinski definition) is 6. The first-order valence-electron chi connectivity index (χ1n) is 8.96. The molecule has 0 bridgehead atoms. The highest BCUT2D eigenvalue weighted by Crippen LogP contribution is 2.05. The third-order valence-corrected chi connectivity index (χ3v) is 4.36. The summed E-state index contributed by atoms with van der Waals surface area (Å²) in [7, 11) is 0. The molecule has 5 atom stereocenters. The number of nitrogens with two attached hydrogens (primary N) is 1. The van der Waals surface area contributed by atoms with Gasteiger partial charge in [0.25, 0.3) is 0 Å². The van der Waals surface area contributed by atoms with Crippen LogP contribution in [0.4, 0.5) is 0 Å². The van der Waals surface area contributed by atoms with Crippen LogP contribution in [0.2, 0.25) is 0 Å². The summed E-state index contributed by atoms with van der Waals surface area (Å²) in [6.07, 6.45) is 0.697. The number of carboxylic acid groups (broad SMARTS) is 1. The number of nitrogens with one attached hydrogen (secondary N) is 3. The van der Waals surface area contributed by atoms with Gasteiger partial charge in [0.2, 0.25) is 17.7 Å². The molecular formula is C17H32N4O6. The number of carboxylic acids is 1. The Labute approximate surface area is 159 Å². The Bertz CT molecular complexity index is 540. The van der Waals surface area contributed by atoms with Crippen LogP contribution >= 0.6 is 0 Å². The van der Waals surface area contributed by atoms with E-state index in [2.05, 4.69) is 16.0 Å². The van der Waals surface area contributed by atoms with Crippen LogP contribution in [0.5, 0.6) is 0 Å². The minimum Gasteiger partial charge on any atom is -0.480 e. The molecule has 0 saturated carbocycles. The normalized spacial score (nSPS) is 16.6. The van der Waals surface area contributed by atoms with Crippen molar-refractivity contribution >= 4 is 23.7 Å². The van der Waals surface area contributed by atoms with E-state index in [-0.39, 0.29) is 11.8 Å². The second-order valence-electron chi connectivity index (χ2n) is 6.95. The SMILES string of the molecule is CCC(C)C(N)C(=O)NC(C)C(=O)NC(CO)C(=O)NC(C(=O)O)C(C)C. The van der Waals surface area contributed by atoms with Gasteiger partial charge in [-0.15, -0.1) is 0 Å². The van der Waals surface area contributed by atoms with Crippen molar-refractivity contribution in [2.45, 2.75) is 65.2 Å². The van der Waals surface area contributed by atoms with Gasteiger partial charge in [-0.1, -0.05) is 34.1 Å². The van der Waals surface area contributed by atoms with Crippen LogP contribution < -0.4 is 21.7 Å². The minimum atomic E-state index is -1.35. The number of amides is 3. The first kappa shape index (κ1) is 24.8. The summed E-state index contributed by atoms with van der Waals surface area (Å²) < 4.78 is 0. The number of aliphatic carboxylic acids is 1. The van der Waals surface area contributed by atoms with E-state index in [1.165, 1.54) is 6.92 Å². The van der Waals surface area contributed by atoms with Crippen LogP contribution in [-0.4, -0.2) is 64.7 Å². The molecule has 0 aliphatic heterocycles. The number of hydrogen-bond donors (Lipinski definition) is 6. The minimum absolute atomic E-state index is 0.0692. The summed E-state index contributed by atoms with van der Waals surface area (Å²) in [5, 5.41) is 25.5. The molecule has 0 aromatic carbocycles. The fourth-order valence-electron chi connectivity index (χ4n) is 2.15. The molecule has 0 aromatic heterocycles. The highest BCUT2D eigenvalue weighted by molar-refractivity contribution is 5.94. The molecule has 156 valence electrons. The maximum Gasteiger partial charge on any atom is 0.326 e. The molecule has 0 radical (unpaired) electrons. The summed E-state index contributed by atoms with van der Waals surface area (Å²) in [6, 6.07) is -4.27. The van der Waals surface area contributed by atoms with E-state index in [9.17, 15) is 24.3 Å². The van der Waals surface area contributed by atoms with Crippen LogP contribution in [0.15, 0.2) is 0 Å². The highest BCUT2D eigenvalue weighted by Gasteiger charge is 2.30. The lowest BCUT2D eigenvalue weighted by Gasteiger charge is -2.24. The van der Waals surface area contributed by atoms with Gasteiger partial charge in [0.15, 0.2) is 0 Å². The number of rotatable bonds is 11. The second kappa shape index (κ2) is 11.5. The molecule has 27 heavy (non-hydrogen) atoms. The fraction of sp³-hybridized carbons (Fsp3) is 0.765. The first-order chi connectivity index (χ1) is 12.5. The Balaban J connectivity index is 4.85. The zero-order valence-corrected chi connectivity index (χ0v) is 16.5. The molecule has 0 aromatic rings. The van der Waals surface area contributed by atoms with Crippen molar-refractivity contribution in [1.82, 2.24) is 16.0 Å².